The van der Waals surface area contributed by atoms with Gasteiger partial charge in [0.05, 0.1) is 23.1 Å². The third kappa shape index (κ3) is 2.68. The van der Waals surface area contributed by atoms with Gasteiger partial charge in [0.25, 0.3) is 17.7 Å². The van der Waals surface area contributed by atoms with Crippen molar-refractivity contribution < 1.29 is 23.2 Å². The highest BCUT2D eigenvalue weighted by Gasteiger charge is 2.38. The van der Waals surface area contributed by atoms with E-state index in [4.69, 9.17) is 4.42 Å². The van der Waals surface area contributed by atoms with Gasteiger partial charge < -0.3 is 9.73 Å². The summed E-state index contributed by atoms with van der Waals surface area (Å²) in [6, 6.07) is 10.3. The molecular weight excluding hydrogens is 363 g/mol. The van der Waals surface area contributed by atoms with Gasteiger partial charge in [0, 0.05) is 11.3 Å². The Morgan fingerprint density at radius 1 is 1.04 bits per heavy atom. The van der Waals surface area contributed by atoms with Crippen LogP contribution in [0.5, 0.6) is 0 Å². The minimum Gasteiger partial charge on any atom is -0.459 e. The average Bonchev–Trinajstić information content (AvgIpc) is 3.18. The van der Waals surface area contributed by atoms with Crippen molar-refractivity contribution in [3.63, 3.8) is 0 Å². The SMILES string of the molecule is Cc1ccoc1C(=O)Nc1ccc(N2C(=O)c3cccc(C)c3C2=O)c(F)c1. The van der Waals surface area contributed by atoms with Crippen LogP contribution in [0, 0.1) is 19.7 Å². The summed E-state index contributed by atoms with van der Waals surface area (Å²) < 4.78 is 19.8. The van der Waals surface area contributed by atoms with Gasteiger partial charge in [0.15, 0.2) is 5.76 Å². The summed E-state index contributed by atoms with van der Waals surface area (Å²) >= 11 is 0. The number of imide groups is 1. The molecule has 4 rings (SSSR count). The summed E-state index contributed by atoms with van der Waals surface area (Å²) in [7, 11) is 0. The third-order valence-corrected chi connectivity index (χ3v) is 4.64. The van der Waals surface area contributed by atoms with Gasteiger partial charge in [0.1, 0.15) is 5.82 Å². The minimum absolute atomic E-state index is 0.125. The summed E-state index contributed by atoms with van der Waals surface area (Å²) in [5, 5.41) is 2.53. The lowest BCUT2D eigenvalue weighted by atomic mass is 10.0. The van der Waals surface area contributed by atoms with E-state index in [9.17, 15) is 18.8 Å². The number of halogens is 1. The first-order valence-corrected chi connectivity index (χ1v) is 8.52. The van der Waals surface area contributed by atoms with E-state index in [1.54, 1.807) is 38.1 Å². The Labute approximate surface area is 159 Å². The molecule has 28 heavy (non-hydrogen) atoms. The summed E-state index contributed by atoms with van der Waals surface area (Å²) in [5.41, 5.74) is 1.83. The molecule has 0 bridgehead atoms. The number of furan rings is 1. The molecule has 1 aliphatic rings. The first kappa shape index (κ1) is 17.7. The van der Waals surface area contributed by atoms with E-state index in [2.05, 4.69) is 5.32 Å². The number of nitrogens with one attached hydrogen (secondary N) is 1. The number of aryl methyl sites for hydroxylation is 2. The lowest BCUT2D eigenvalue weighted by Gasteiger charge is -2.16. The topological polar surface area (TPSA) is 79.6 Å². The van der Waals surface area contributed by atoms with Gasteiger partial charge in [0.2, 0.25) is 0 Å². The molecule has 1 aliphatic heterocycles. The van der Waals surface area contributed by atoms with Crippen molar-refractivity contribution in [1.29, 1.82) is 0 Å². The van der Waals surface area contributed by atoms with Crippen molar-refractivity contribution >= 4 is 29.1 Å². The van der Waals surface area contributed by atoms with Gasteiger partial charge in [-0.15, -0.1) is 0 Å². The molecule has 0 unspecified atom stereocenters. The smallest absolute Gasteiger partial charge is 0.291 e. The van der Waals surface area contributed by atoms with E-state index >= 15 is 0 Å². The van der Waals surface area contributed by atoms with Crippen molar-refractivity contribution in [2.24, 2.45) is 0 Å². The van der Waals surface area contributed by atoms with E-state index in [0.29, 0.717) is 11.1 Å². The van der Waals surface area contributed by atoms with E-state index < -0.39 is 23.5 Å². The Bertz CT molecular complexity index is 1150. The first-order chi connectivity index (χ1) is 13.4. The molecule has 0 fully saturated rings. The van der Waals surface area contributed by atoms with Crippen LogP contribution in [0.1, 0.15) is 42.4 Å². The molecule has 6 nitrogen and oxygen atoms in total. The predicted octanol–water partition coefficient (Wildman–Crippen LogP) is 4.09. The van der Waals surface area contributed by atoms with E-state index in [1.807, 2.05) is 0 Å². The maximum Gasteiger partial charge on any atom is 0.291 e. The zero-order valence-corrected chi connectivity index (χ0v) is 15.1. The molecule has 140 valence electrons. The molecule has 2 heterocycles. The van der Waals surface area contributed by atoms with Crippen molar-refractivity contribution in [2.45, 2.75) is 13.8 Å². The Morgan fingerprint density at radius 2 is 1.82 bits per heavy atom. The molecule has 1 N–H and O–H groups in total. The maximum absolute atomic E-state index is 14.7. The Balaban J connectivity index is 1.63. The van der Waals surface area contributed by atoms with E-state index in [1.165, 1.54) is 18.4 Å². The second kappa shape index (κ2) is 6.45. The van der Waals surface area contributed by atoms with Crippen LogP contribution < -0.4 is 10.2 Å². The molecule has 3 aromatic rings. The van der Waals surface area contributed by atoms with Gasteiger partial charge in [-0.2, -0.15) is 0 Å². The lowest BCUT2D eigenvalue weighted by molar-refractivity contribution is 0.0923. The second-order valence-corrected chi connectivity index (χ2v) is 6.50. The fourth-order valence-electron chi connectivity index (χ4n) is 3.23. The summed E-state index contributed by atoms with van der Waals surface area (Å²) in [6.45, 7) is 3.44. The molecule has 7 heteroatoms. The zero-order valence-electron chi connectivity index (χ0n) is 15.1. The summed E-state index contributed by atoms with van der Waals surface area (Å²) in [5.74, 6) is -2.35. The predicted molar refractivity (Wildman–Crippen MR) is 100 cm³/mol. The molecule has 0 atom stereocenters. The molecule has 3 amide bonds. The van der Waals surface area contributed by atoms with Crippen molar-refractivity contribution in [3.8, 4) is 0 Å². The first-order valence-electron chi connectivity index (χ1n) is 8.52. The van der Waals surface area contributed by atoms with E-state index in [0.717, 1.165) is 11.0 Å². The zero-order chi connectivity index (χ0) is 20.0. The van der Waals surface area contributed by atoms with Gasteiger partial charge in [-0.1, -0.05) is 12.1 Å². The summed E-state index contributed by atoms with van der Waals surface area (Å²) in [4.78, 5) is 38.3. The van der Waals surface area contributed by atoms with Crippen LogP contribution in [0.3, 0.4) is 0 Å². The van der Waals surface area contributed by atoms with Crippen molar-refractivity contribution in [1.82, 2.24) is 0 Å². The molecule has 1 aromatic heterocycles. The van der Waals surface area contributed by atoms with Crippen LogP contribution in [-0.4, -0.2) is 17.7 Å². The number of amides is 3. The van der Waals surface area contributed by atoms with Crippen LogP contribution in [0.4, 0.5) is 15.8 Å². The highest BCUT2D eigenvalue weighted by Crippen LogP contribution is 2.32. The number of hydrogen-bond donors (Lipinski definition) is 1. The average molecular weight is 378 g/mol. The fraction of sp³-hybridized carbons (Fsp3) is 0.0952. The molecule has 0 saturated carbocycles. The quantitative estimate of drug-likeness (QED) is 0.696. The fourth-order valence-corrected chi connectivity index (χ4v) is 3.23. The van der Waals surface area contributed by atoms with Gasteiger partial charge in [-0.3, -0.25) is 14.4 Å². The Kier molecular flexibility index (Phi) is 4.07. The normalized spacial score (nSPS) is 13.0. The molecule has 0 spiro atoms. The number of carbonyl (C=O) groups is 3. The third-order valence-electron chi connectivity index (χ3n) is 4.64. The number of carbonyl (C=O) groups excluding carboxylic acids is 3. The van der Waals surface area contributed by atoms with Crippen molar-refractivity contribution in [2.75, 3.05) is 10.2 Å². The monoisotopic (exact) mass is 378 g/mol. The molecule has 0 aliphatic carbocycles. The standard InChI is InChI=1S/C21H15FN2O4/c1-11-4-3-5-14-17(11)21(27)24(20(14)26)16-7-6-13(10-15(16)22)23-19(25)18-12(2)8-9-28-18/h3-10H,1-2H3,(H,23,25). The maximum atomic E-state index is 14.7. The molecule has 2 aromatic carbocycles. The number of nitrogens with zero attached hydrogens (tertiary/aromatic N) is 1. The van der Waals surface area contributed by atoms with Gasteiger partial charge in [-0.05, 0) is 49.7 Å². The largest absolute Gasteiger partial charge is 0.459 e. The number of fused-ring (bicyclic) bond motifs is 1. The van der Waals surface area contributed by atoms with Crippen LogP contribution >= 0.6 is 0 Å². The highest BCUT2D eigenvalue weighted by atomic mass is 19.1. The molecule has 0 radical (unpaired) electrons. The van der Waals surface area contributed by atoms with E-state index in [-0.39, 0.29) is 28.3 Å². The number of hydrogen-bond acceptors (Lipinski definition) is 4. The second-order valence-electron chi connectivity index (χ2n) is 6.50. The van der Waals surface area contributed by atoms with Crippen LogP contribution in [0.25, 0.3) is 0 Å². The van der Waals surface area contributed by atoms with Gasteiger partial charge >= 0.3 is 0 Å². The summed E-state index contributed by atoms with van der Waals surface area (Å²) in [6.07, 6.45) is 1.39. The molecular formula is C21H15FN2O4. The van der Waals surface area contributed by atoms with Crippen LogP contribution in [0.15, 0.2) is 53.1 Å². The minimum atomic E-state index is -0.805. The Hall–Kier alpha value is -3.74. The van der Waals surface area contributed by atoms with Crippen molar-refractivity contribution in [3.05, 3.63) is 82.6 Å². The number of rotatable bonds is 3. The highest BCUT2D eigenvalue weighted by molar-refractivity contribution is 6.35. The lowest BCUT2D eigenvalue weighted by Crippen LogP contribution is -2.30. The van der Waals surface area contributed by atoms with Crippen LogP contribution in [0.2, 0.25) is 0 Å². The van der Waals surface area contributed by atoms with Gasteiger partial charge in [-0.25, -0.2) is 9.29 Å². The van der Waals surface area contributed by atoms with Crippen LogP contribution in [-0.2, 0) is 0 Å². The number of benzene rings is 2. The molecule has 0 saturated heterocycles. The number of anilines is 2. The Morgan fingerprint density at radius 3 is 2.46 bits per heavy atom.